The number of hydrogen-bond acceptors (Lipinski definition) is 4. The zero-order valence-electron chi connectivity index (χ0n) is 17.4. The van der Waals surface area contributed by atoms with Crippen LogP contribution in [0.1, 0.15) is 23.6 Å². The Balaban J connectivity index is 1.44. The van der Waals surface area contributed by atoms with Crippen molar-refractivity contribution < 1.29 is 9.53 Å². The fourth-order valence-electron chi connectivity index (χ4n) is 3.24. The second-order valence-corrected chi connectivity index (χ2v) is 10.4. The first kappa shape index (κ1) is 23.2. The zero-order chi connectivity index (χ0) is 22.5. The lowest BCUT2D eigenvalue weighted by atomic mass is 10.1. The average Bonchev–Trinajstić information content (AvgIpc) is 3.12. The van der Waals surface area contributed by atoms with Crippen LogP contribution in [0.2, 0.25) is 0 Å². The molecule has 0 saturated carbocycles. The van der Waals surface area contributed by atoms with Crippen molar-refractivity contribution in [3.05, 3.63) is 96.4 Å². The van der Waals surface area contributed by atoms with Gasteiger partial charge < -0.3 is 15.4 Å². The average molecular weight is 621 g/mol. The molecule has 32 heavy (non-hydrogen) atoms. The molecule has 1 fully saturated rings. The second kappa shape index (κ2) is 10.8. The Morgan fingerprint density at radius 2 is 1.88 bits per heavy atom. The first-order valence-corrected chi connectivity index (χ1v) is 13.0. The van der Waals surface area contributed by atoms with Crippen LogP contribution in [0.25, 0.3) is 6.08 Å². The number of ether oxygens (including phenoxy) is 1. The van der Waals surface area contributed by atoms with Crippen molar-refractivity contribution in [1.29, 1.82) is 0 Å². The van der Waals surface area contributed by atoms with Gasteiger partial charge in [0.15, 0.2) is 5.50 Å². The maximum absolute atomic E-state index is 12.5. The molecule has 1 amide bonds. The minimum absolute atomic E-state index is 0.0757. The van der Waals surface area contributed by atoms with Crippen molar-refractivity contribution in [3.63, 3.8) is 0 Å². The molecule has 1 heterocycles. The van der Waals surface area contributed by atoms with E-state index >= 15 is 0 Å². The highest BCUT2D eigenvalue weighted by Gasteiger charge is 2.27. The van der Waals surface area contributed by atoms with Crippen molar-refractivity contribution in [1.82, 2.24) is 5.32 Å². The molecule has 2 N–H and O–H groups in total. The van der Waals surface area contributed by atoms with E-state index in [9.17, 15) is 4.79 Å². The first-order chi connectivity index (χ1) is 15.5. The largest absolute Gasteiger partial charge is 0.487 e. The summed E-state index contributed by atoms with van der Waals surface area (Å²) in [6.07, 6.45) is 2.92. The molecule has 1 atom stereocenters. The Morgan fingerprint density at radius 3 is 2.56 bits per heavy atom. The highest BCUT2D eigenvalue weighted by atomic mass is 127. The quantitative estimate of drug-likeness (QED) is 0.225. The van der Waals surface area contributed by atoms with Crippen LogP contribution in [-0.2, 0) is 17.8 Å². The summed E-state index contributed by atoms with van der Waals surface area (Å²) in [5, 5.41) is 6.35. The van der Waals surface area contributed by atoms with E-state index in [1.165, 1.54) is 17.3 Å². The van der Waals surface area contributed by atoms with Gasteiger partial charge in [0.05, 0.1) is 12.9 Å². The maximum atomic E-state index is 12.5. The number of carbonyl (C=O) groups is 1. The SMILES string of the molecule is CCc1ccc(N[C@H]2NC(=O)/C(=C/c3cc(Br)c(OCc4ccccc4)c(I)c3)S2)cc1. The number of carbonyl (C=O) groups excluding carboxylic acids is 1. The molecule has 0 aliphatic carbocycles. The Morgan fingerprint density at radius 1 is 1.12 bits per heavy atom. The molecule has 0 spiro atoms. The Bertz CT molecular complexity index is 1110. The smallest absolute Gasteiger partial charge is 0.260 e. The number of anilines is 1. The van der Waals surface area contributed by atoms with Crippen LogP contribution in [0.15, 0.2) is 76.1 Å². The summed E-state index contributed by atoms with van der Waals surface area (Å²) < 4.78 is 7.87. The molecule has 3 aromatic rings. The van der Waals surface area contributed by atoms with Crippen LogP contribution >= 0.6 is 50.3 Å². The van der Waals surface area contributed by atoms with Gasteiger partial charge in [0, 0.05) is 5.69 Å². The highest BCUT2D eigenvalue weighted by Crippen LogP contribution is 2.35. The summed E-state index contributed by atoms with van der Waals surface area (Å²) >= 11 is 7.37. The number of rotatable bonds is 7. The van der Waals surface area contributed by atoms with Gasteiger partial charge in [-0.25, -0.2) is 0 Å². The number of halogens is 2. The Labute approximate surface area is 214 Å². The molecule has 164 valence electrons. The van der Waals surface area contributed by atoms with Crippen molar-refractivity contribution in [2.75, 3.05) is 5.32 Å². The van der Waals surface area contributed by atoms with Crippen LogP contribution in [0.4, 0.5) is 5.69 Å². The van der Waals surface area contributed by atoms with Gasteiger partial charge in [-0.05, 0) is 92.0 Å². The molecular weight excluding hydrogens is 599 g/mol. The van der Waals surface area contributed by atoms with Gasteiger partial charge >= 0.3 is 0 Å². The molecule has 1 saturated heterocycles. The number of amides is 1. The van der Waals surface area contributed by atoms with E-state index in [1.807, 2.05) is 60.7 Å². The number of nitrogens with one attached hydrogen (secondary N) is 2. The molecule has 1 aliphatic rings. The molecule has 0 bridgehead atoms. The Kier molecular flexibility index (Phi) is 7.80. The monoisotopic (exact) mass is 620 g/mol. The minimum Gasteiger partial charge on any atom is -0.487 e. The molecule has 0 aromatic heterocycles. The van der Waals surface area contributed by atoms with Crippen LogP contribution < -0.4 is 15.4 Å². The third-order valence-electron chi connectivity index (χ3n) is 4.94. The predicted molar refractivity (Wildman–Crippen MR) is 145 cm³/mol. The van der Waals surface area contributed by atoms with Gasteiger partial charge in [0.25, 0.3) is 5.91 Å². The van der Waals surface area contributed by atoms with Crippen LogP contribution in [0, 0.1) is 3.57 Å². The van der Waals surface area contributed by atoms with E-state index in [4.69, 9.17) is 4.74 Å². The minimum atomic E-state index is -0.197. The summed E-state index contributed by atoms with van der Waals surface area (Å²) in [6.45, 7) is 2.63. The van der Waals surface area contributed by atoms with Crippen molar-refractivity contribution >= 4 is 68.0 Å². The van der Waals surface area contributed by atoms with E-state index in [0.29, 0.717) is 11.5 Å². The Hall–Kier alpha value is -1.97. The normalized spacial score (nSPS) is 16.8. The van der Waals surface area contributed by atoms with Gasteiger partial charge in [-0.15, -0.1) is 0 Å². The fourth-order valence-corrected chi connectivity index (χ4v) is 5.99. The third kappa shape index (κ3) is 5.88. The molecule has 1 aliphatic heterocycles. The number of hydrogen-bond donors (Lipinski definition) is 2. The summed E-state index contributed by atoms with van der Waals surface area (Å²) in [6, 6.07) is 22.4. The van der Waals surface area contributed by atoms with Gasteiger partial charge in [-0.3, -0.25) is 4.79 Å². The first-order valence-electron chi connectivity index (χ1n) is 10.2. The molecular formula is C25H22BrIN2O2S. The highest BCUT2D eigenvalue weighted by molar-refractivity contribution is 14.1. The molecule has 4 rings (SSSR count). The van der Waals surface area contributed by atoms with Crippen molar-refractivity contribution in [2.24, 2.45) is 0 Å². The van der Waals surface area contributed by atoms with Gasteiger partial charge in [-0.2, -0.15) is 0 Å². The van der Waals surface area contributed by atoms with Crippen LogP contribution in [-0.4, -0.2) is 11.4 Å². The molecule has 7 heteroatoms. The third-order valence-corrected chi connectivity index (χ3v) is 7.35. The van der Waals surface area contributed by atoms with Gasteiger partial charge in [0.2, 0.25) is 0 Å². The van der Waals surface area contributed by atoms with Gasteiger partial charge in [0.1, 0.15) is 12.4 Å². The maximum Gasteiger partial charge on any atom is 0.260 e. The molecule has 0 unspecified atom stereocenters. The number of thioether (sulfide) groups is 1. The summed E-state index contributed by atoms with van der Waals surface area (Å²) in [5.41, 5.74) is 4.13. The fraction of sp³-hybridized carbons (Fsp3) is 0.160. The molecule has 4 nitrogen and oxygen atoms in total. The summed E-state index contributed by atoms with van der Waals surface area (Å²) in [7, 11) is 0. The van der Waals surface area contributed by atoms with Crippen LogP contribution in [0.5, 0.6) is 5.75 Å². The number of benzene rings is 3. The summed E-state index contributed by atoms with van der Waals surface area (Å²) in [5.74, 6) is 0.725. The lowest BCUT2D eigenvalue weighted by Crippen LogP contribution is -2.30. The topological polar surface area (TPSA) is 50.4 Å². The predicted octanol–water partition coefficient (Wildman–Crippen LogP) is 6.79. The molecule has 0 radical (unpaired) electrons. The lowest BCUT2D eigenvalue weighted by Gasteiger charge is -2.13. The van der Waals surface area contributed by atoms with E-state index in [0.717, 1.165) is 37.0 Å². The van der Waals surface area contributed by atoms with Gasteiger partial charge in [-0.1, -0.05) is 61.2 Å². The van der Waals surface area contributed by atoms with E-state index in [2.05, 4.69) is 68.2 Å². The lowest BCUT2D eigenvalue weighted by molar-refractivity contribution is -0.116. The van der Waals surface area contributed by atoms with E-state index < -0.39 is 0 Å². The van der Waals surface area contributed by atoms with E-state index in [-0.39, 0.29) is 11.4 Å². The van der Waals surface area contributed by atoms with Crippen molar-refractivity contribution in [2.45, 2.75) is 25.4 Å². The summed E-state index contributed by atoms with van der Waals surface area (Å²) in [4.78, 5) is 13.2. The van der Waals surface area contributed by atoms with Crippen LogP contribution in [0.3, 0.4) is 0 Å². The van der Waals surface area contributed by atoms with Crippen molar-refractivity contribution in [3.8, 4) is 5.75 Å². The molecule has 3 aromatic carbocycles. The zero-order valence-corrected chi connectivity index (χ0v) is 22.0. The second-order valence-electron chi connectivity index (χ2n) is 7.26. The number of aryl methyl sites for hydroxylation is 1. The van der Waals surface area contributed by atoms with E-state index in [1.54, 1.807) is 0 Å². The standard InChI is InChI=1S/C25H22BrIN2O2S/c1-2-16-8-10-19(11-9-16)28-25-29-24(30)22(32-25)14-18-12-20(26)23(21(27)13-18)31-15-17-6-4-3-5-7-17/h3-14,25,28H,2,15H2,1H3,(H,29,30)/b22-14-/t25-/m0/s1.